The van der Waals surface area contributed by atoms with Gasteiger partial charge >= 0.3 is 6.09 Å². The van der Waals surface area contributed by atoms with E-state index in [1.807, 2.05) is 19.1 Å². The molecule has 0 bridgehead atoms. The Balaban J connectivity index is 1.81. The number of halogens is 2. The second-order valence-corrected chi connectivity index (χ2v) is 9.87. The molecule has 38 heavy (non-hydrogen) atoms. The Morgan fingerprint density at radius 3 is 2.58 bits per heavy atom. The van der Waals surface area contributed by atoms with Crippen LogP contribution in [0.3, 0.4) is 0 Å². The van der Waals surface area contributed by atoms with Crippen LogP contribution in [0.4, 0.5) is 9.18 Å². The van der Waals surface area contributed by atoms with E-state index in [1.165, 1.54) is 4.57 Å². The molecule has 0 spiro atoms. The number of ether oxygens (including phenoxy) is 2. The number of carboxylic acid groups (broad SMARTS) is 1. The molecule has 0 fully saturated rings. The molecule has 2 unspecified atom stereocenters. The first-order valence-electron chi connectivity index (χ1n) is 12.2. The molecule has 0 aliphatic heterocycles. The van der Waals surface area contributed by atoms with E-state index in [9.17, 15) is 9.59 Å². The van der Waals surface area contributed by atoms with E-state index in [0.717, 1.165) is 5.56 Å². The lowest BCUT2D eigenvalue weighted by molar-refractivity contribution is 0.185. The highest BCUT2D eigenvalue weighted by Crippen LogP contribution is 2.37. The van der Waals surface area contributed by atoms with Crippen LogP contribution in [0.2, 0.25) is 5.02 Å². The quantitative estimate of drug-likeness (QED) is 0.261. The Labute approximate surface area is 224 Å². The molecule has 4 rings (SSSR count). The van der Waals surface area contributed by atoms with Gasteiger partial charge in [-0.1, -0.05) is 30.7 Å². The topological polar surface area (TPSA) is 103 Å². The van der Waals surface area contributed by atoms with Crippen LogP contribution in [0.25, 0.3) is 21.7 Å². The summed E-state index contributed by atoms with van der Waals surface area (Å²) in [6.45, 7) is 5.57. The van der Waals surface area contributed by atoms with Gasteiger partial charge in [-0.3, -0.25) is 9.78 Å². The largest absolute Gasteiger partial charge is 0.497 e. The van der Waals surface area contributed by atoms with Gasteiger partial charge in [0.2, 0.25) is 0 Å². The molecule has 0 saturated carbocycles. The van der Waals surface area contributed by atoms with Crippen molar-refractivity contribution in [2.75, 3.05) is 13.7 Å². The number of fused-ring (bicyclic) bond motifs is 3. The van der Waals surface area contributed by atoms with Crippen LogP contribution >= 0.6 is 11.6 Å². The number of aromatic nitrogens is 2. The number of nitrogens with zero attached hydrogens (tertiary/aromatic N) is 2. The molecule has 1 amide bonds. The summed E-state index contributed by atoms with van der Waals surface area (Å²) < 4.78 is 28.6. The monoisotopic (exact) mass is 541 g/mol. The Bertz CT molecular complexity index is 1560. The number of rotatable bonds is 9. The highest BCUT2D eigenvalue weighted by Gasteiger charge is 2.23. The molecule has 0 aliphatic rings. The van der Waals surface area contributed by atoms with E-state index < -0.39 is 11.9 Å². The average molecular weight is 542 g/mol. The number of pyridine rings is 2. The number of benzene rings is 2. The Morgan fingerprint density at radius 1 is 1.21 bits per heavy atom. The van der Waals surface area contributed by atoms with Gasteiger partial charge < -0.3 is 24.5 Å². The molecule has 2 N–H and O–H groups in total. The van der Waals surface area contributed by atoms with E-state index >= 15 is 4.39 Å². The van der Waals surface area contributed by atoms with Gasteiger partial charge in [-0.25, -0.2) is 9.18 Å². The minimum atomic E-state index is -1.11. The zero-order valence-corrected chi connectivity index (χ0v) is 22.3. The van der Waals surface area contributed by atoms with E-state index in [-0.39, 0.29) is 47.0 Å². The summed E-state index contributed by atoms with van der Waals surface area (Å²) in [5.74, 6) is -0.328. The maximum Gasteiger partial charge on any atom is 0.404 e. The van der Waals surface area contributed by atoms with Crippen LogP contribution in [-0.2, 0) is 6.54 Å². The molecule has 200 valence electrons. The van der Waals surface area contributed by atoms with Crippen LogP contribution < -0.4 is 20.3 Å². The van der Waals surface area contributed by atoms with Crippen LogP contribution in [-0.4, -0.2) is 40.5 Å². The van der Waals surface area contributed by atoms with Crippen molar-refractivity contribution in [2.24, 2.45) is 5.92 Å². The highest BCUT2D eigenvalue weighted by atomic mass is 35.5. The van der Waals surface area contributed by atoms with Crippen molar-refractivity contribution in [1.29, 1.82) is 0 Å². The van der Waals surface area contributed by atoms with Crippen LogP contribution in [0.15, 0.2) is 47.4 Å². The standard InChI is InChI=1S/C28H29ClFN3O5/c1-15(11-16(2)32-28(35)36)14-38-26-22(29)12-21-20-9-10-31-17(3)23(20)27(34)33(25(21)24(26)30)13-18-5-7-19(37-4)8-6-18/h5-10,12,15-16,32H,11,13-14H2,1-4H3,(H,35,36). The van der Waals surface area contributed by atoms with E-state index in [1.54, 1.807) is 51.4 Å². The number of hydrogen-bond donors (Lipinski definition) is 2. The third-order valence-electron chi connectivity index (χ3n) is 6.45. The van der Waals surface area contributed by atoms with Crippen molar-refractivity contribution in [1.82, 2.24) is 14.9 Å². The molecule has 2 aromatic heterocycles. The molecular formula is C28H29ClFN3O5. The summed E-state index contributed by atoms with van der Waals surface area (Å²) in [5.41, 5.74) is 1.02. The van der Waals surface area contributed by atoms with Crippen molar-refractivity contribution in [3.63, 3.8) is 0 Å². The van der Waals surface area contributed by atoms with Crippen molar-refractivity contribution < 1.29 is 23.8 Å². The van der Waals surface area contributed by atoms with Crippen molar-refractivity contribution in [3.8, 4) is 11.5 Å². The number of amides is 1. The van der Waals surface area contributed by atoms with Crippen LogP contribution in [0, 0.1) is 18.7 Å². The smallest absolute Gasteiger partial charge is 0.404 e. The minimum Gasteiger partial charge on any atom is -0.497 e. The number of hydrogen-bond acceptors (Lipinski definition) is 5. The number of nitrogens with one attached hydrogen (secondary N) is 1. The van der Waals surface area contributed by atoms with Gasteiger partial charge in [-0.2, -0.15) is 0 Å². The SMILES string of the molecule is COc1ccc(Cn2c(=O)c3c(C)nccc3c3cc(Cl)c(OCC(C)CC(C)NC(=O)O)c(F)c32)cc1. The fourth-order valence-electron chi connectivity index (χ4n) is 4.72. The first-order chi connectivity index (χ1) is 18.1. The summed E-state index contributed by atoms with van der Waals surface area (Å²) in [5, 5.41) is 12.8. The van der Waals surface area contributed by atoms with Crippen molar-refractivity contribution >= 4 is 39.4 Å². The van der Waals surface area contributed by atoms with Gasteiger partial charge in [0.05, 0.1) is 41.9 Å². The first kappa shape index (κ1) is 27.2. The molecule has 2 atom stereocenters. The van der Waals surface area contributed by atoms with Gasteiger partial charge in [-0.05, 0) is 56.0 Å². The van der Waals surface area contributed by atoms with Crippen molar-refractivity contribution in [3.05, 3.63) is 75.0 Å². The molecule has 2 heterocycles. The third-order valence-corrected chi connectivity index (χ3v) is 6.73. The minimum absolute atomic E-state index is 0.0734. The molecule has 2 aromatic carbocycles. The highest BCUT2D eigenvalue weighted by molar-refractivity contribution is 6.33. The maximum absolute atomic E-state index is 16.2. The summed E-state index contributed by atoms with van der Waals surface area (Å²) >= 11 is 6.52. The summed E-state index contributed by atoms with van der Waals surface area (Å²) in [6.07, 6.45) is 0.953. The van der Waals surface area contributed by atoms with E-state index in [0.29, 0.717) is 34.0 Å². The zero-order valence-electron chi connectivity index (χ0n) is 21.5. The summed E-state index contributed by atoms with van der Waals surface area (Å²) in [7, 11) is 1.57. The van der Waals surface area contributed by atoms with Gasteiger partial charge in [-0.15, -0.1) is 0 Å². The molecule has 8 nitrogen and oxygen atoms in total. The number of methoxy groups -OCH3 is 1. The number of carbonyl (C=O) groups is 1. The lowest BCUT2D eigenvalue weighted by atomic mass is 10.0. The van der Waals surface area contributed by atoms with Gasteiger partial charge in [0.1, 0.15) is 5.75 Å². The van der Waals surface area contributed by atoms with Crippen LogP contribution in [0.1, 0.15) is 31.5 Å². The van der Waals surface area contributed by atoms with Gasteiger partial charge in [0.25, 0.3) is 5.56 Å². The van der Waals surface area contributed by atoms with Crippen molar-refractivity contribution in [2.45, 2.75) is 39.8 Å². The zero-order chi connectivity index (χ0) is 27.6. The molecule has 10 heteroatoms. The predicted molar refractivity (Wildman–Crippen MR) is 145 cm³/mol. The van der Waals surface area contributed by atoms with E-state index in [2.05, 4.69) is 10.3 Å². The van der Waals surface area contributed by atoms with E-state index in [4.69, 9.17) is 26.2 Å². The lowest BCUT2D eigenvalue weighted by Gasteiger charge is -2.20. The fraction of sp³-hybridized carbons (Fsp3) is 0.321. The molecule has 0 aliphatic carbocycles. The Kier molecular flexibility index (Phi) is 8.06. The predicted octanol–water partition coefficient (Wildman–Crippen LogP) is 5.77. The summed E-state index contributed by atoms with van der Waals surface area (Å²) in [4.78, 5) is 28.9. The maximum atomic E-state index is 16.2. The Hall–Kier alpha value is -3.85. The Morgan fingerprint density at radius 2 is 1.92 bits per heavy atom. The normalized spacial score (nSPS) is 12.9. The molecule has 0 radical (unpaired) electrons. The summed E-state index contributed by atoms with van der Waals surface area (Å²) in [6, 6.07) is 10.2. The fourth-order valence-corrected chi connectivity index (χ4v) is 4.97. The first-order valence-corrected chi connectivity index (χ1v) is 12.5. The molecule has 0 saturated heterocycles. The number of aryl methyl sites for hydroxylation is 1. The second-order valence-electron chi connectivity index (χ2n) is 9.46. The molecular weight excluding hydrogens is 513 g/mol. The van der Waals surface area contributed by atoms with Gasteiger partial charge in [0.15, 0.2) is 11.6 Å². The third kappa shape index (κ3) is 5.52. The van der Waals surface area contributed by atoms with Crippen LogP contribution in [0.5, 0.6) is 11.5 Å². The second kappa shape index (κ2) is 11.3. The molecule has 4 aromatic rings. The van der Waals surface area contributed by atoms with Gasteiger partial charge in [0, 0.05) is 23.0 Å². The lowest BCUT2D eigenvalue weighted by Crippen LogP contribution is -2.33. The average Bonchev–Trinajstić information content (AvgIpc) is 2.86.